The number of hydrogen-bond acceptors (Lipinski definition) is 5. The van der Waals surface area contributed by atoms with E-state index in [0.717, 1.165) is 5.56 Å². The lowest BCUT2D eigenvalue weighted by molar-refractivity contribution is -0.388. The van der Waals surface area contributed by atoms with E-state index in [1.165, 1.54) is 12.1 Å². The van der Waals surface area contributed by atoms with Crippen LogP contribution in [-0.2, 0) is 16.3 Å². The molecule has 2 aromatic rings. The minimum atomic E-state index is -3.81. The summed E-state index contributed by atoms with van der Waals surface area (Å²) in [7, 11) is -3.81. The molecule has 0 spiro atoms. The van der Waals surface area contributed by atoms with Gasteiger partial charge in [-0.05, 0) is 25.0 Å². The summed E-state index contributed by atoms with van der Waals surface area (Å²) in [6.07, 6.45) is 0.288. The molecule has 1 aromatic heterocycles. The van der Waals surface area contributed by atoms with Gasteiger partial charge < -0.3 is 0 Å². The fraction of sp³-hybridized carbons (Fsp3) is 0.214. The molecule has 2 rings (SSSR count). The molecular formula is C14H14N2O4S. The van der Waals surface area contributed by atoms with E-state index in [1.54, 1.807) is 6.92 Å². The van der Waals surface area contributed by atoms with Crippen LogP contribution < -0.4 is 0 Å². The Hall–Kier alpha value is -2.28. The lowest BCUT2D eigenvalue weighted by Gasteiger charge is -2.05. The molecule has 0 atom stereocenters. The van der Waals surface area contributed by atoms with Gasteiger partial charge in [-0.25, -0.2) is 13.4 Å². The van der Waals surface area contributed by atoms with Crippen LogP contribution in [0.15, 0.2) is 47.5 Å². The predicted molar refractivity (Wildman–Crippen MR) is 77.8 cm³/mol. The molecule has 1 heterocycles. The lowest BCUT2D eigenvalue weighted by Crippen LogP contribution is -2.13. The van der Waals surface area contributed by atoms with E-state index < -0.39 is 25.5 Å². The molecule has 0 fully saturated rings. The average molecular weight is 306 g/mol. The van der Waals surface area contributed by atoms with Gasteiger partial charge in [-0.2, -0.15) is 0 Å². The molecule has 0 radical (unpaired) electrons. The largest absolute Gasteiger partial charge is 0.306 e. The number of nitrogens with zero attached hydrogens (tertiary/aromatic N) is 2. The number of aromatic nitrogens is 1. The highest BCUT2D eigenvalue weighted by Crippen LogP contribution is 2.23. The first-order chi connectivity index (χ1) is 9.90. The van der Waals surface area contributed by atoms with Crippen LogP contribution in [-0.4, -0.2) is 24.1 Å². The zero-order valence-corrected chi connectivity index (χ0v) is 12.2. The summed E-state index contributed by atoms with van der Waals surface area (Å²) in [5.41, 5.74) is 0.809. The molecule has 0 aliphatic carbocycles. The third-order valence-electron chi connectivity index (χ3n) is 2.97. The summed E-state index contributed by atoms with van der Waals surface area (Å²) >= 11 is 0. The van der Waals surface area contributed by atoms with Gasteiger partial charge in [0.25, 0.3) is 0 Å². The standard InChI is InChI=1S/C14H14N2O4S/c1-11-7-8-13(16(17)18)14(15-11)21(19,20)10-9-12-5-3-2-4-6-12/h2-8H,9-10H2,1H3. The zero-order valence-electron chi connectivity index (χ0n) is 11.4. The molecule has 0 aliphatic rings. The molecule has 0 amide bonds. The monoisotopic (exact) mass is 306 g/mol. The van der Waals surface area contributed by atoms with Crippen molar-refractivity contribution in [3.05, 3.63) is 63.8 Å². The van der Waals surface area contributed by atoms with Gasteiger partial charge in [-0.15, -0.1) is 0 Å². The molecule has 7 heteroatoms. The van der Waals surface area contributed by atoms with E-state index in [9.17, 15) is 18.5 Å². The fourth-order valence-electron chi connectivity index (χ4n) is 1.89. The highest BCUT2D eigenvalue weighted by atomic mass is 32.2. The van der Waals surface area contributed by atoms with Crippen LogP contribution in [0.4, 0.5) is 5.69 Å². The Balaban J connectivity index is 2.31. The normalized spacial score (nSPS) is 11.3. The smallest absolute Gasteiger partial charge is 0.258 e. The van der Waals surface area contributed by atoms with E-state index in [2.05, 4.69) is 4.98 Å². The van der Waals surface area contributed by atoms with Gasteiger partial charge in [0.05, 0.1) is 10.7 Å². The van der Waals surface area contributed by atoms with Gasteiger partial charge in [0.15, 0.2) is 0 Å². The third-order valence-corrected chi connectivity index (χ3v) is 4.60. The maximum Gasteiger partial charge on any atom is 0.306 e. The Kier molecular flexibility index (Phi) is 4.32. The van der Waals surface area contributed by atoms with Crippen molar-refractivity contribution < 1.29 is 13.3 Å². The Bertz CT molecular complexity index is 758. The second kappa shape index (κ2) is 6.01. The van der Waals surface area contributed by atoms with Crippen molar-refractivity contribution in [1.29, 1.82) is 0 Å². The van der Waals surface area contributed by atoms with Crippen LogP contribution in [0.5, 0.6) is 0 Å². The van der Waals surface area contributed by atoms with Gasteiger partial charge in [0.2, 0.25) is 14.9 Å². The molecule has 110 valence electrons. The van der Waals surface area contributed by atoms with Crippen molar-refractivity contribution >= 4 is 15.5 Å². The molecule has 0 saturated heterocycles. The van der Waals surface area contributed by atoms with Crippen molar-refractivity contribution in [2.45, 2.75) is 18.4 Å². The summed E-state index contributed by atoms with van der Waals surface area (Å²) in [4.78, 5) is 14.1. The number of pyridine rings is 1. The van der Waals surface area contributed by atoms with E-state index in [1.807, 2.05) is 30.3 Å². The van der Waals surface area contributed by atoms with Gasteiger partial charge in [0, 0.05) is 11.8 Å². The van der Waals surface area contributed by atoms with Crippen LogP contribution in [0.25, 0.3) is 0 Å². The first-order valence-electron chi connectivity index (χ1n) is 6.29. The topological polar surface area (TPSA) is 90.2 Å². The van der Waals surface area contributed by atoms with Crippen LogP contribution >= 0.6 is 0 Å². The summed E-state index contributed by atoms with van der Waals surface area (Å²) in [6.45, 7) is 1.60. The van der Waals surface area contributed by atoms with Crippen molar-refractivity contribution in [3.63, 3.8) is 0 Å². The highest BCUT2D eigenvalue weighted by molar-refractivity contribution is 7.91. The molecule has 0 aliphatic heterocycles. The number of nitro groups is 1. The predicted octanol–water partition coefficient (Wildman–Crippen LogP) is 2.31. The molecule has 1 aromatic carbocycles. The lowest BCUT2D eigenvalue weighted by atomic mass is 10.2. The molecule has 6 nitrogen and oxygen atoms in total. The van der Waals surface area contributed by atoms with Crippen LogP contribution in [0.1, 0.15) is 11.3 Å². The van der Waals surface area contributed by atoms with E-state index in [-0.39, 0.29) is 12.2 Å². The quantitative estimate of drug-likeness (QED) is 0.624. The Labute approximate surface area is 122 Å². The molecule has 0 unspecified atom stereocenters. The Morgan fingerprint density at radius 2 is 1.81 bits per heavy atom. The van der Waals surface area contributed by atoms with Crippen LogP contribution in [0, 0.1) is 17.0 Å². The molecular weight excluding hydrogens is 292 g/mol. The van der Waals surface area contributed by atoms with Crippen molar-refractivity contribution in [3.8, 4) is 0 Å². The summed E-state index contributed by atoms with van der Waals surface area (Å²) < 4.78 is 24.6. The van der Waals surface area contributed by atoms with Gasteiger partial charge >= 0.3 is 5.69 Å². The minimum absolute atomic E-state index is 0.214. The van der Waals surface area contributed by atoms with E-state index in [0.29, 0.717) is 5.69 Å². The minimum Gasteiger partial charge on any atom is -0.258 e. The zero-order chi connectivity index (χ0) is 15.5. The maximum absolute atomic E-state index is 12.3. The van der Waals surface area contributed by atoms with E-state index in [4.69, 9.17) is 0 Å². The SMILES string of the molecule is Cc1ccc([N+](=O)[O-])c(S(=O)(=O)CCc2ccccc2)n1. The Morgan fingerprint density at radius 3 is 2.43 bits per heavy atom. The number of sulfone groups is 1. The first-order valence-corrected chi connectivity index (χ1v) is 7.94. The first kappa shape index (κ1) is 15.1. The average Bonchev–Trinajstić information content (AvgIpc) is 2.46. The summed E-state index contributed by atoms with van der Waals surface area (Å²) in [6, 6.07) is 11.7. The number of aryl methyl sites for hydroxylation is 2. The molecule has 21 heavy (non-hydrogen) atoms. The summed E-state index contributed by atoms with van der Waals surface area (Å²) in [5.74, 6) is -0.214. The van der Waals surface area contributed by atoms with Gasteiger partial charge in [0.1, 0.15) is 0 Å². The molecule has 0 N–H and O–H groups in total. The van der Waals surface area contributed by atoms with Gasteiger partial charge in [-0.3, -0.25) is 10.1 Å². The van der Waals surface area contributed by atoms with Gasteiger partial charge in [-0.1, -0.05) is 30.3 Å². The number of hydrogen-bond donors (Lipinski definition) is 0. The second-order valence-electron chi connectivity index (χ2n) is 4.59. The number of rotatable bonds is 5. The fourth-order valence-corrected chi connectivity index (χ4v) is 3.33. The van der Waals surface area contributed by atoms with Crippen molar-refractivity contribution in [2.75, 3.05) is 5.75 Å². The molecule has 0 saturated carbocycles. The second-order valence-corrected chi connectivity index (χ2v) is 6.61. The van der Waals surface area contributed by atoms with Crippen LogP contribution in [0.2, 0.25) is 0 Å². The number of benzene rings is 1. The third kappa shape index (κ3) is 3.63. The maximum atomic E-state index is 12.3. The summed E-state index contributed by atoms with van der Waals surface area (Å²) in [5, 5.41) is 10.5. The van der Waals surface area contributed by atoms with Crippen LogP contribution in [0.3, 0.4) is 0 Å². The highest BCUT2D eigenvalue weighted by Gasteiger charge is 2.27. The van der Waals surface area contributed by atoms with Crippen molar-refractivity contribution in [2.24, 2.45) is 0 Å². The van der Waals surface area contributed by atoms with Crippen molar-refractivity contribution in [1.82, 2.24) is 4.98 Å². The Morgan fingerprint density at radius 1 is 1.14 bits per heavy atom. The van der Waals surface area contributed by atoms with E-state index >= 15 is 0 Å². The molecule has 0 bridgehead atoms.